The van der Waals surface area contributed by atoms with E-state index in [1.54, 1.807) is 0 Å². The van der Waals surface area contributed by atoms with Crippen molar-refractivity contribution in [3.05, 3.63) is 337 Å². The number of hydrogen-bond donors (Lipinski definition) is 0. The summed E-state index contributed by atoms with van der Waals surface area (Å²) in [5, 5.41) is 4.52. The van der Waals surface area contributed by atoms with Crippen LogP contribution in [0.1, 0.15) is 74.9 Å². The average Bonchev–Trinajstić information content (AvgIpc) is 1.50. The summed E-state index contributed by atoms with van der Waals surface area (Å²) < 4.78 is 11.8. The molecule has 0 bridgehead atoms. The van der Waals surface area contributed by atoms with Crippen molar-refractivity contribution < 1.29 is 25.8 Å². The molecule has 1 aliphatic carbocycles. The van der Waals surface area contributed by atoms with Crippen molar-refractivity contribution in [3.8, 4) is 56.4 Å². The van der Waals surface area contributed by atoms with Gasteiger partial charge in [0.25, 0.3) is 0 Å². The van der Waals surface area contributed by atoms with E-state index in [1.165, 1.54) is 55.3 Å². The van der Waals surface area contributed by atoms with Gasteiger partial charge in [0.1, 0.15) is 5.82 Å². The van der Waals surface area contributed by atoms with Crippen LogP contribution in [0.4, 0.5) is 22.7 Å². The summed E-state index contributed by atoms with van der Waals surface area (Å²) in [5.41, 5.74) is 22.5. The zero-order chi connectivity index (χ0) is 62.7. The minimum Gasteiger partial charge on any atom is -0.509 e. The van der Waals surface area contributed by atoms with E-state index in [0.29, 0.717) is 11.5 Å². The number of pyridine rings is 1. The Hall–Kier alpha value is -10.5. The van der Waals surface area contributed by atoms with Crippen molar-refractivity contribution in [1.82, 2.24) is 14.1 Å². The molecule has 7 heteroatoms. The van der Waals surface area contributed by atoms with Crippen LogP contribution in [0.5, 0.6) is 11.5 Å². The van der Waals surface area contributed by atoms with Gasteiger partial charge in [-0.3, -0.25) is 0 Å². The molecule has 0 radical (unpaired) electrons. The molecule has 4 heterocycles. The summed E-state index contributed by atoms with van der Waals surface area (Å²) in [6, 6.07) is 110. The smallest absolute Gasteiger partial charge is 0.135 e. The maximum Gasteiger partial charge on any atom is 0.135 e. The first kappa shape index (κ1) is 58.6. The van der Waals surface area contributed by atoms with Gasteiger partial charge in [0, 0.05) is 83.2 Å². The topological polar surface area (TPSA) is 38.5 Å². The third-order valence-corrected chi connectivity index (χ3v) is 19.3. The van der Waals surface area contributed by atoms with E-state index in [1.807, 2.05) is 12.3 Å². The van der Waals surface area contributed by atoms with Crippen molar-refractivity contribution >= 4 is 66.4 Å². The van der Waals surface area contributed by atoms with Crippen molar-refractivity contribution in [2.24, 2.45) is 0 Å². The molecule has 6 nitrogen and oxygen atoms in total. The number of fused-ring (bicyclic) bond motifs is 10. The Balaban J connectivity index is 0.00000699. The van der Waals surface area contributed by atoms with E-state index in [0.717, 1.165) is 89.3 Å². The van der Waals surface area contributed by atoms with E-state index < -0.39 is 5.41 Å². The second kappa shape index (κ2) is 22.7. The fourth-order valence-electron chi connectivity index (χ4n) is 14.8. The fraction of sp³-hybridized carbons (Fsp3) is 0.103. The monoisotopic (exact) mass is 1390 g/mol. The first-order valence-electron chi connectivity index (χ1n) is 32.2. The molecule has 0 saturated heterocycles. The van der Waals surface area contributed by atoms with Crippen LogP contribution in [0.3, 0.4) is 0 Å². The van der Waals surface area contributed by atoms with Crippen LogP contribution in [0.25, 0.3) is 88.5 Å². The van der Waals surface area contributed by atoms with Gasteiger partial charge in [-0.2, -0.15) is 6.07 Å². The van der Waals surface area contributed by atoms with Gasteiger partial charge in [-0.05, 0) is 126 Å². The zero-order valence-electron chi connectivity index (χ0n) is 53.2. The van der Waals surface area contributed by atoms with Gasteiger partial charge in [0.05, 0.1) is 16.4 Å². The first-order valence-corrected chi connectivity index (χ1v) is 32.2. The third kappa shape index (κ3) is 9.44. The Labute approximate surface area is 563 Å². The van der Waals surface area contributed by atoms with Crippen molar-refractivity contribution in [1.29, 1.82) is 0 Å². The van der Waals surface area contributed by atoms with Gasteiger partial charge in [-0.25, -0.2) is 4.98 Å². The quantitative estimate of drug-likeness (QED) is 0.128. The van der Waals surface area contributed by atoms with Crippen LogP contribution in [0.2, 0.25) is 0 Å². The molecule has 0 atom stereocenters. The molecule has 0 saturated carbocycles. The number of aromatic nitrogens is 3. The molecule has 94 heavy (non-hydrogen) atoms. The predicted molar refractivity (Wildman–Crippen MR) is 384 cm³/mol. The Bertz CT molecular complexity index is 5280. The van der Waals surface area contributed by atoms with Gasteiger partial charge in [-0.15, -0.1) is 42.4 Å². The van der Waals surface area contributed by atoms with E-state index >= 15 is 0 Å². The molecule has 0 unspecified atom stereocenters. The van der Waals surface area contributed by atoms with Crippen molar-refractivity contribution in [2.75, 3.05) is 9.80 Å². The van der Waals surface area contributed by atoms with E-state index in [9.17, 15) is 0 Å². The van der Waals surface area contributed by atoms with Gasteiger partial charge >= 0.3 is 0 Å². The third-order valence-electron chi connectivity index (χ3n) is 19.3. The number of rotatable bonds is 10. The Kier molecular flexibility index (Phi) is 14.1. The molecule has 0 N–H and O–H groups in total. The van der Waals surface area contributed by atoms with Crippen molar-refractivity contribution in [3.63, 3.8) is 0 Å². The largest absolute Gasteiger partial charge is 0.509 e. The second-order valence-electron chi connectivity index (χ2n) is 26.8. The molecule has 0 amide bonds. The average molecular weight is 1390 g/mol. The molecule has 0 fully saturated rings. The molecule has 15 aromatic rings. The summed E-state index contributed by atoms with van der Waals surface area (Å²) in [4.78, 5) is 9.69. The van der Waals surface area contributed by atoms with E-state index in [2.05, 4.69) is 352 Å². The summed E-state index contributed by atoms with van der Waals surface area (Å²) in [6.45, 7) is 15.9. The Morgan fingerprint density at radius 3 is 1.50 bits per heavy atom. The molecule has 3 aromatic heterocycles. The number of ether oxygens (including phenoxy) is 1. The summed E-state index contributed by atoms with van der Waals surface area (Å²) in [5.74, 6) is 1.93. The van der Waals surface area contributed by atoms with Gasteiger partial charge in [0.15, 0.2) is 0 Å². The molecule has 0 spiro atoms. The molecule has 458 valence electrons. The second-order valence-corrected chi connectivity index (χ2v) is 26.8. The Morgan fingerprint density at radius 2 is 0.915 bits per heavy atom. The Morgan fingerprint density at radius 1 is 0.404 bits per heavy atom. The zero-order valence-corrected chi connectivity index (χ0v) is 55.4. The van der Waals surface area contributed by atoms with Gasteiger partial charge in [-0.1, -0.05) is 259 Å². The van der Waals surface area contributed by atoms with E-state index in [4.69, 9.17) is 9.72 Å². The minimum atomic E-state index is -0.681. The van der Waals surface area contributed by atoms with Gasteiger partial charge in [0.2, 0.25) is 0 Å². The van der Waals surface area contributed by atoms with Crippen LogP contribution >= 0.6 is 0 Å². The standard InChI is InChI=1S/C87H66N5O.Pt/c1-85(2,3)59-41-43-60(44-42-59)87(75-34-18-13-29-67(75)68-30-14-19-35-76(68)87)62-49-73(57-25-9-7-10-26-57)84(74(50-62)58-27-11-8-12-28-58)90-56-89(80-39-23-24-40-81(80)90)63-52-64(91-77-36-20-15-31-69(77)70-32-16-21-37-78(70)91)54-66(53-63)93-65-45-46-72-71-33-17-22-38-79(71)92(82(72)55-65)83-51-61(47-48-88-83)86(4,5)6;/h7-52,54,56H,1-6H3;/q-3;. The normalized spacial score (nSPS) is 13.3. The molecular weight excluding hydrogens is 1330 g/mol. The van der Waals surface area contributed by atoms with Crippen LogP contribution in [-0.2, 0) is 37.3 Å². The SMILES string of the molecule is CC(C)(C)c1ccc(C2(c3cc(-c4ccccc4)c(N4[CH-]N(c5[c-]c(Oc6[c-]c7c(cc6)c6ccccc6n7-c6cc(C(C)(C)C)ccn6)cc(-n6c7ccccc7c7ccccc76)c5)c5ccccc54)c(-c4ccccc4)c3)c3ccccc3-c3ccccc32)cc1.[Pt]. The number of anilines is 4. The minimum absolute atomic E-state index is 0. The molecule has 2 aliphatic rings. The van der Waals surface area contributed by atoms with Crippen LogP contribution in [0.15, 0.2) is 285 Å². The number of benzene rings is 12. The first-order chi connectivity index (χ1) is 45.4. The summed E-state index contributed by atoms with van der Waals surface area (Å²) in [7, 11) is 0. The molecule has 17 rings (SSSR count). The molecule has 1 aliphatic heterocycles. The number of nitrogens with zero attached hydrogens (tertiary/aromatic N) is 5. The maximum absolute atomic E-state index is 7.24. The van der Waals surface area contributed by atoms with Crippen molar-refractivity contribution in [2.45, 2.75) is 57.8 Å². The van der Waals surface area contributed by atoms with E-state index in [-0.39, 0.29) is 31.9 Å². The van der Waals surface area contributed by atoms with Crippen LogP contribution in [-0.4, -0.2) is 14.1 Å². The number of para-hydroxylation sites is 5. The van der Waals surface area contributed by atoms with Crippen LogP contribution in [0, 0.1) is 18.8 Å². The van der Waals surface area contributed by atoms with Crippen LogP contribution < -0.4 is 14.5 Å². The molecule has 12 aromatic carbocycles. The number of hydrogen-bond acceptors (Lipinski definition) is 4. The van der Waals surface area contributed by atoms with Gasteiger partial charge < -0.3 is 23.7 Å². The fourth-order valence-corrected chi connectivity index (χ4v) is 14.8. The summed E-state index contributed by atoms with van der Waals surface area (Å²) >= 11 is 0. The predicted octanol–water partition coefficient (Wildman–Crippen LogP) is 22.4. The summed E-state index contributed by atoms with van der Waals surface area (Å²) in [6.07, 6.45) is 1.92. The maximum atomic E-state index is 7.24. The molecular formula is C87H66N5OPt-3.